The third-order valence-electron chi connectivity index (χ3n) is 4.77. The van der Waals surface area contributed by atoms with Gasteiger partial charge in [0.05, 0.1) is 0 Å². The molecule has 0 aromatic heterocycles. The van der Waals surface area contributed by atoms with Crippen molar-refractivity contribution in [2.75, 3.05) is 0 Å². The summed E-state index contributed by atoms with van der Waals surface area (Å²) in [4.78, 5) is 0. The van der Waals surface area contributed by atoms with Crippen LogP contribution in [0.1, 0.15) is 47.1 Å². The first-order valence-electron chi connectivity index (χ1n) is 7.47. The fraction of sp³-hybridized carbons (Fsp3) is 0.647. The fourth-order valence-corrected chi connectivity index (χ4v) is 2.73. The van der Waals surface area contributed by atoms with E-state index in [1.165, 1.54) is 11.9 Å². The van der Waals surface area contributed by atoms with Crippen LogP contribution in [0.3, 0.4) is 0 Å². The predicted molar refractivity (Wildman–Crippen MR) is 84.4 cm³/mol. The van der Waals surface area contributed by atoms with Gasteiger partial charge in [0.1, 0.15) is 0 Å². The smallest absolute Gasteiger partial charge is 0.0688 e. The van der Waals surface area contributed by atoms with E-state index in [1.807, 2.05) is 0 Å². The first kappa shape index (κ1) is 15.3. The van der Waals surface area contributed by atoms with Crippen molar-refractivity contribution in [3.8, 4) is 0 Å². The van der Waals surface area contributed by atoms with Crippen LogP contribution in [0, 0.1) is 11.8 Å². The molecule has 0 bridgehead atoms. The zero-order valence-corrected chi connectivity index (χ0v) is 13.0. The van der Waals surface area contributed by atoms with Gasteiger partial charge in [0.15, 0.2) is 6.71 Å². The van der Waals surface area contributed by atoms with E-state index < -0.39 is 0 Å². The molecule has 0 radical (unpaired) electrons. The van der Waals surface area contributed by atoms with E-state index in [0.717, 1.165) is 30.2 Å². The molecule has 1 rings (SSSR count). The van der Waals surface area contributed by atoms with E-state index in [-0.39, 0.29) is 0 Å². The highest BCUT2D eigenvalue weighted by Crippen LogP contribution is 2.34. The lowest BCUT2D eigenvalue weighted by Gasteiger charge is -2.31. The number of hydrogen-bond donors (Lipinski definition) is 0. The van der Waals surface area contributed by atoms with Gasteiger partial charge in [-0.3, -0.25) is 0 Å². The van der Waals surface area contributed by atoms with Crippen LogP contribution in [-0.4, -0.2) is 6.71 Å². The maximum absolute atomic E-state index is 2.43. The Morgan fingerprint density at radius 1 is 0.778 bits per heavy atom. The van der Waals surface area contributed by atoms with Crippen LogP contribution in [-0.2, 0) is 6.32 Å². The minimum Gasteiger partial charge on any atom is -0.0688 e. The van der Waals surface area contributed by atoms with Gasteiger partial charge < -0.3 is 0 Å². The third kappa shape index (κ3) is 4.19. The van der Waals surface area contributed by atoms with Gasteiger partial charge in [0, 0.05) is 0 Å². The molecule has 0 aliphatic heterocycles. The van der Waals surface area contributed by atoms with Crippen LogP contribution in [0.5, 0.6) is 0 Å². The lowest BCUT2D eigenvalue weighted by atomic mass is 9.29. The molecule has 2 unspecified atom stereocenters. The van der Waals surface area contributed by atoms with E-state index >= 15 is 0 Å². The molecule has 0 aliphatic rings. The van der Waals surface area contributed by atoms with Crippen molar-refractivity contribution in [2.24, 2.45) is 11.8 Å². The van der Waals surface area contributed by atoms with Crippen LogP contribution < -0.4 is 0 Å². The molecule has 0 N–H and O–H groups in total. The van der Waals surface area contributed by atoms with Crippen molar-refractivity contribution in [1.82, 2.24) is 0 Å². The molecule has 1 heteroatoms. The summed E-state index contributed by atoms with van der Waals surface area (Å²) in [6.07, 6.45) is 1.22. The highest BCUT2D eigenvalue weighted by molar-refractivity contribution is 6.61. The standard InChI is InChI=1S/C17H29B/c1-13(2)15(5)18(16(6)14(3)4)12-17-10-8-7-9-11-17/h7-11,13-16H,12H2,1-6H3. The predicted octanol–water partition coefficient (Wildman–Crippen LogP) is 5.36. The highest BCUT2D eigenvalue weighted by Gasteiger charge is 2.31. The molecule has 0 fully saturated rings. The van der Waals surface area contributed by atoms with Gasteiger partial charge in [-0.05, 0) is 6.32 Å². The summed E-state index contributed by atoms with van der Waals surface area (Å²) in [5.41, 5.74) is 1.49. The van der Waals surface area contributed by atoms with Crippen LogP contribution in [0.15, 0.2) is 30.3 Å². The molecule has 0 amide bonds. The largest absolute Gasteiger partial charge is 0.150 e. The molecule has 100 valence electrons. The third-order valence-corrected chi connectivity index (χ3v) is 4.77. The van der Waals surface area contributed by atoms with E-state index in [9.17, 15) is 0 Å². The molecule has 0 saturated heterocycles. The number of rotatable bonds is 6. The highest BCUT2D eigenvalue weighted by atomic mass is 14.1. The first-order chi connectivity index (χ1) is 8.43. The Hall–Kier alpha value is -0.715. The molecule has 0 nitrogen and oxygen atoms in total. The van der Waals surface area contributed by atoms with E-state index in [4.69, 9.17) is 0 Å². The Kier molecular flexibility index (Phi) is 5.98. The zero-order chi connectivity index (χ0) is 13.7. The van der Waals surface area contributed by atoms with Crippen molar-refractivity contribution in [1.29, 1.82) is 0 Å². The van der Waals surface area contributed by atoms with Crippen molar-refractivity contribution in [2.45, 2.75) is 59.5 Å². The summed E-state index contributed by atoms with van der Waals surface area (Å²) < 4.78 is 0. The molecule has 0 aliphatic carbocycles. The van der Waals surface area contributed by atoms with Crippen LogP contribution in [0.2, 0.25) is 11.6 Å². The molecular formula is C17H29B. The molecule has 0 saturated carbocycles. The fourth-order valence-electron chi connectivity index (χ4n) is 2.73. The second-order valence-electron chi connectivity index (χ2n) is 6.56. The Balaban J connectivity index is 2.84. The van der Waals surface area contributed by atoms with Gasteiger partial charge in [0.25, 0.3) is 0 Å². The normalized spacial score (nSPS) is 14.9. The lowest BCUT2D eigenvalue weighted by molar-refractivity contribution is 0.559. The van der Waals surface area contributed by atoms with Crippen molar-refractivity contribution >= 4 is 6.71 Å². The Bertz CT molecular complexity index is 315. The van der Waals surface area contributed by atoms with Gasteiger partial charge in [-0.2, -0.15) is 0 Å². The average Bonchev–Trinajstić information content (AvgIpc) is 2.35. The monoisotopic (exact) mass is 244 g/mol. The second kappa shape index (κ2) is 7.02. The molecule has 1 aromatic rings. The van der Waals surface area contributed by atoms with Crippen LogP contribution in [0.25, 0.3) is 0 Å². The summed E-state index contributed by atoms with van der Waals surface area (Å²) in [6.45, 7) is 15.1. The number of benzene rings is 1. The molecule has 0 spiro atoms. The quantitative estimate of drug-likeness (QED) is 0.591. The SMILES string of the molecule is CC(C)C(C)B(Cc1ccccc1)C(C)C(C)C. The lowest BCUT2D eigenvalue weighted by Crippen LogP contribution is -2.32. The Labute approximate surface area is 114 Å². The van der Waals surface area contributed by atoms with Gasteiger partial charge in [-0.25, -0.2) is 0 Å². The molecule has 18 heavy (non-hydrogen) atoms. The Morgan fingerprint density at radius 2 is 1.22 bits per heavy atom. The molecular weight excluding hydrogens is 215 g/mol. The average molecular weight is 244 g/mol. The minimum atomic E-state index is 0.764. The maximum Gasteiger partial charge on any atom is 0.150 e. The summed E-state index contributed by atoms with van der Waals surface area (Å²) >= 11 is 0. The minimum absolute atomic E-state index is 0.764. The van der Waals surface area contributed by atoms with Crippen molar-refractivity contribution in [3.63, 3.8) is 0 Å². The zero-order valence-electron chi connectivity index (χ0n) is 13.0. The van der Waals surface area contributed by atoms with Gasteiger partial charge in [-0.1, -0.05) is 101 Å². The van der Waals surface area contributed by atoms with E-state index in [2.05, 4.69) is 71.9 Å². The van der Waals surface area contributed by atoms with Crippen LogP contribution >= 0.6 is 0 Å². The Morgan fingerprint density at radius 3 is 1.61 bits per heavy atom. The van der Waals surface area contributed by atoms with Gasteiger partial charge in [0.2, 0.25) is 0 Å². The summed E-state index contributed by atoms with van der Waals surface area (Å²) in [7, 11) is 0. The van der Waals surface area contributed by atoms with Crippen molar-refractivity contribution in [3.05, 3.63) is 35.9 Å². The molecule has 1 aromatic carbocycles. The van der Waals surface area contributed by atoms with Crippen LogP contribution in [0.4, 0.5) is 0 Å². The van der Waals surface area contributed by atoms with E-state index in [1.54, 1.807) is 0 Å². The summed E-state index contributed by atoms with van der Waals surface area (Å²) in [6, 6.07) is 11.0. The van der Waals surface area contributed by atoms with Gasteiger partial charge in [-0.15, -0.1) is 0 Å². The number of hydrogen-bond acceptors (Lipinski definition) is 0. The molecule has 2 atom stereocenters. The topological polar surface area (TPSA) is 0 Å². The second-order valence-corrected chi connectivity index (χ2v) is 6.56. The summed E-state index contributed by atoms with van der Waals surface area (Å²) in [5.74, 6) is 3.09. The van der Waals surface area contributed by atoms with Gasteiger partial charge >= 0.3 is 0 Å². The first-order valence-corrected chi connectivity index (χ1v) is 7.47. The maximum atomic E-state index is 2.43. The summed E-state index contributed by atoms with van der Waals surface area (Å²) in [5, 5.41) is 0. The molecule has 0 heterocycles. The van der Waals surface area contributed by atoms with Crippen molar-refractivity contribution < 1.29 is 0 Å². The van der Waals surface area contributed by atoms with E-state index in [0.29, 0.717) is 0 Å².